The molecule has 2 heterocycles. The van der Waals surface area contributed by atoms with E-state index in [2.05, 4.69) is 41.0 Å². The van der Waals surface area contributed by atoms with Crippen LogP contribution in [0.1, 0.15) is 25.2 Å². The smallest absolute Gasteiger partial charge is 0.131 e. The standard InChI is InChI=1S/C14H18N4/c1-4-13-17-12(8-14(18-13)16-5-2)11-9-15-7-6-10(11)3/h6-9H,4-5H2,1-3H3,(H,16,17,18). The first kappa shape index (κ1) is 12.5. The Bertz CT molecular complexity index is 537. The summed E-state index contributed by atoms with van der Waals surface area (Å²) in [7, 11) is 0. The molecule has 0 aromatic carbocycles. The monoisotopic (exact) mass is 242 g/mol. The Morgan fingerprint density at radius 2 is 2.06 bits per heavy atom. The Balaban J connectivity index is 2.50. The van der Waals surface area contributed by atoms with E-state index in [1.165, 1.54) is 5.56 Å². The van der Waals surface area contributed by atoms with Crippen LogP contribution in [0.3, 0.4) is 0 Å². The molecule has 2 rings (SSSR count). The third-order valence-corrected chi connectivity index (χ3v) is 2.76. The van der Waals surface area contributed by atoms with Crippen molar-refractivity contribution >= 4 is 5.82 Å². The van der Waals surface area contributed by atoms with Crippen LogP contribution in [0.25, 0.3) is 11.3 Å². The minimum Gasteiger partial charge on any atom is -0.370 e. The maximum absolute atomic E-state index is 4.57. The molecule has 18 heavy (non-hydrogen) atoms. The van der Waals surface area contributed by atoms with E-state index in [1.54, 1.807) is 6.20 Å². The summed E-state index contributed by atoms with van der Waals surface area (Å²) in [5, 5.41) is 3.24. The Morgan fingerprint density at radius 1 is 1.22 bits per heavy atom. The summed E-state index contributed by atoms with van der Waals surface area (Å²) in [5.41, 5.74) is 3.17. The molecule has 0 aliphatic carbocycles. The zero-order chi connectivity index (χ0) is 13.0. The molecule has 0 aliphatic rings. The molecule has 1 N–H and O–H groups in total. The van der Waals surface area contributed by atoms with Crippen molar-refractivity contribution in [3.8, 4) is 11.3 Å². The van der Waals surface area contributed by atoms with Gasteiger partial charge in [-0.15, -0.1) is 0 Å². The lowest BCUT2D eigenvalue weighted by atomic mass is 10.1. The molecule has 0 spiro atoms. The number of anilines is 1. The highest BCUT2D eigenvalue weighted by atomic mass is 15.0. The summed E-state index contributed by atoms with van der Waals surface area (Å²) < 4.78 is 0. The summed E-state index contributed by atoms with van der Waals surface area (Å²) in [6.07, 6.45) is 4.48. The van der Waals surface area contributed by atoms with Crippen LogP contribution in [0.15, 0.2) is 24.5 Å². The fourth-order valence-electron chi connectivity index (χ4n) is 1.80. The van der Waals surface area contributed by atoms with Gasteiger partial charge in [0, 0.05) is 37.0 Å². The van der Waals surface area contributed by atoms with Crippen molar-refractivity contribution in [2.24, 2.45) is 0 Å². The van der Waals surface area contributed by atoms with E-state index in [4.69, 9.17) is 0 Å². The van der Waals surface area contributed by atoms with Gasteiger partial charge in [0.1, 0.15) is 11.6 Å². The quantitative estimate of drug-likeness (QED) is 0.895. The topological polar surface area (TPSA) is 50.7 Å². The Hall–Kier alpha value is -1.97. The molecular formula is C14H18N4. The zero-order valence-electron chi connectivity index (χ0n) is 11.1. The fraction of sp³-hybridized carbons (Fsp3) is 0.357. The average Bonchev–Trinajstić information content (AvgIpc) is 2.39. The van der Waals surface area contributed by atoms with Gasteiger partial charge >= 0.3 is 0 Å². The third kappa shape index (κ3) is 2.64. The van der Waals surface area contributed by atoms with E-state index in [1.807, 2.05) is 18.3 Å². The number of pyridine rings is 1. The summed E-state index contributed by atoms with van der Waals surface area (Å²) in [6, 6.07) is 3.97. The van der Waals surface area contributed by atoms with Gasteiger partial charge in [-0.05, 0) is 25.5 Å². The normalized spacial score (nSPS) is 10.4. The molecule has 0 saturated heterocycles. The number of rotatable bonds is 4. The van der Waals surface area contributed by atoms with Gasteiger partial charge in [-0.2, -0.15) is 0 Å². The molecule has 0 radical (unpaired) electrons. The van der Waals surface area contributed by atoms with Crippen molar-refractivity contribution in [2.45, 2.75) is 27.2 Å². The van der Waals surface area contributed by atoms with E-state index in [0.29, 0.717) is 0 Å². The minimum atomic E-state index is 0.825. The highest BCUT2D eigenvalue weighted by molar-refractivity contribution is 5.64. The fourth-order valence-corrected chi connectivity index (χ4v) is 1.80. The summed E-state index contributed by atoms with van der Waals surface area (Å²) in [6.45, 7) is 7.04. The lowest BCUT2D eigenvalue weighted by Gasteiger charge is -2.09. The highest BCUT2D eigenvalue weighted by Gasteiger charge is 2.07. The second kappa shape index (κ2) is 5.58. The van der Waals surface area contributed by atoms with Crippen LogP contribution in [0.4, 0.5) is 5.82 Å². The van der Waals surface area contributed by atoms with Gasteiger partial charge < -0.3 is 5.32 Å². The van der Waals surface area contributed by atoms with E-state index < -0.39 is 0 Å². The molecule has 0 saturated carbocycles. The maximum atomic E-state index is 4.57. The third-order valence-electron chi connectivity index (χ3n) is 2.76. The van der Waals surface area contributed by atoms with Gasteiger partial charge in [0.15, 0.2) is 0 Å². The van der Waals surface area contributed by atoms with E-state index in [9.17, 15) is 0 Å². The summed E-state index contributed by atoms with van der Waals surface area (Å²) >= 11 is 0. The van der Waals surface area contributed by atoms with E-state index in [-0.39, 0.29) is 0 Å². The number of hydrogen-bond donors (Lipinski definition) is 1. The molecule has 0 unspecified atom stereocenters. The van der Waals surface area contributed by atoms with E-state index in [0.717, 1.165) is 35.9 Å². The van der Waals surface area contributed by atoms with Crippen LogP contribution in [0, 0.1) is 6.92 Å². The molecule has 2 aromatic rings. The molecule has 4 nitrogen and oxygen atoms in total. The number of hydrogen-bond acceptors (Lipinski definition) is 4. The Morgan fingerprint density at radius 3 is 2.72 bits per heavy atom. The van der Waals surface area contributed by atoms with Gasteiger partial charge in [-0.25, -0.2) is 9.97 Å². The van der Waals surface area contributed by atoms with Gasteiger partial charge in [0.25, 0.3) is 0 Å². The van der Waals surface area contributed by atoms with Crippen LogP contribution >= 0.6 is 0 Å². The molecule has 94 valence electrons. The molecule has 4 heteroatoms. The second-order valence-corrected chi connectivity index (χ2v) is 4.13. The number of nitrogens with zero attached hydrogens (tertiary/aromatic N) is 3. The minimum absolute atomic E-state index is 0.825. The first-order chi connectivity index (χ1) is 8.74. The van der Waals surface area contributed by atoms with Crippen molar-refractivity contribution in [1.82, 2.24) is 15.0 Å². The van der Waals surface area contributed by atoms with Gasteiger partial charge in [0.2, 0.25) is 0 Å². The number of nitrogens with one attached hydrogen (secondary N) is 1. The SMILES string of the molecule is CCNc1cc(-c2cnccc2C)nc(CC)n1. The lowest BCUT2D eigenvalue weighted by Crippen LogP contribution is -2.04. The lowest BCUT2D eigenvalue weighted by molar-refractivity contribution is 0.938. The predicted octanol–water partition coefficient (Wildman–Crippen LogP) is 2.84. The first-order valence-corrected chi connectivity index (χ1v) is 6.27. The molecule has 0 atom stereocenters. The Labute approximate surface area is 108 Å². The molecule has 0 bridgehead atoms. The van der Waals surface area contributed by atoms with Crippen LogP contribution < -0.4 is 5.32 Å². The highest BCUT2D eigenvalue weighted by Crippen LogP contribution is 2.22. The molecule has 0 aliphatic heterocycles. The number of aromatic nitrogens is 3. The summed E-state index contributed by atoms with van der Waals surface area (Å²) in [5.74, 6) is 1.73. The van der Waals surface area contributed by atoms with Crippen molar-refractivity contribution in [1.29, 1.82) is 0 Å². The van der Waals surface area contributed by atoms with Crippen molar-refractivity contribution in [3.05, 3.63) is 35.9 Å². The molecule has 2 aromatic heterocycles. The van der Waals surface area contributed by atoms with Crippen LogP contribution in [-0.4, -0.2) is 21.5 Å². The first-order valence-electron chi connectivity index (χ1n) is 6.27. The van der Waals surface area contributed by atoms with Crippen LogP contribution in [-0.2, 0) is 6.42 Å². The maximum Gasteiger partial charge on any atom is 0.131 e. The molecule has 0 amide bonds. The van der Waals surface area contributed by atoms with Crippen molar-refractivity contribution < 1.29 is 0 Å². The van der Waals surface area contributed by atoms with Crippen LogP contribution in [0.2, 0.25) is 0 Å². The van der Waals surface area contributed by atoms with E-state index >= 15 is 0 Å². The van der Waals surface area contributed by atoms with Crippen LogP contribution in [0.5, 0.6) is 0 Å². The zero-order valence-corrected chi connectivity index (χ0v) is 11.1. The van der Waals surface area contributed by atoms with Crippen molar-refractivity contribution in [3.63, 3.8) is 0 Å². The Kier molecular flexibility index (Phi) is 3.87. The summed E-state index contributed by atoms with van der Waals surface area (Å²) in [4.78, 5) is 13.2. The predicted molar refractivity (Wildman–Crippen MR) is 73.5 cm³/mol. The van der Waals surface area contributed by atoms with Gasteiger partial charge in [-0.3, -0.25) is 4.98 Å². The number of aryl methyl sites for hydroxylation is 2. The average molecular weight is 242 g/mol. The molecule has 0 fully saturated rings. The van der Waals surface area contributed by atoms with Gasteiger partial charge in [-0.1, -0.05) is 6.92 Å². The van der Waals surface area contributed by atoms with Crippen molar-refractivity contribution in [2.75, 3.05) is 11.9 Å². The van der Waals surface area contributed by atoms with Gasteiger partial charge in [0.05, 0.1) is 5.69 Å². The molecular weight excluding hydrogens is 224 g/mol. The second-order valence-electron chi connectivity index (χ2n) is 4.13. The largest absolute Gasteiger partial charge is 0.370 e.